The number of nitrogens with zero attached hydrogens (tertiary/aromatic N) is 2. The molecule has 0 saturated carbocycles. The summed E-state index contributed by atoms with van der Waals surface area (Å²) in [5.41, 5.74) is 1.92. The average molecular weight is 348 g/mol. The molecule has 4 aromatic rings. The number of carbonyl (C=O) groups is 1. The molecular formula is C20H16N2O4. The number of esters is 1. The predicted octanol–water partition coefficient (Wildman–Crippen LogP) is 2.45. The predicted molar refractivity (Wildman–Crippen MR) is 97.9 cm³/mol. The SMILES string of the molecule is O=C(OC(CO)CO)c1ccc2cnc3c(ccc4cccnc43)c2c1. The summed E-state index contributed by atoms with van der Waals surface area (Å²) >= 11 is 0. The van der Waals surface area contributed by atoms with Crippen LogP contribution in [0.4, 0.5) is 0 Å². The Balaban J connectivity index is 1.87. The maximum Gasteiger partial charge on any atom is 0.338 e. The number of rotatable bonds is 4. The molecule has 0 bridgehead atoms. The first-order chi connectivity index (χ1) is 12.7. The third kappa shape index (κ3) is 2.75. The molecule has 0 spiro atoms. The van der Waals surface area contributed by atoms with E-state index in [-0.39, 0.29) is 0 Å². The van der Waals surface area contributed by atoms with Crippen LogP contribution in [0, 0.1) is 0 Å². The molecule has 26 heavy (non-hydrogen) atoms. The van der Waals surface area contributed by atoms with Gasteiger partial charge in [0.05, 0.1) is 29.8 Å². The van der Waals surface area contributed by atoms with E-state index in [1.54, 1.807) is 30.6 Å². The van der Waals surface area contributed by atoms with Gasteiger partial charge in [0, 0.05) is 28.6 Å². The van der Waals surface area contributed by atoms with Crippen LogP contribution in [-0.2, 0) is 4.74 Å². The lowest BCUT2D eigenvalue weighted by atomic mass is 10.0. The van der Waals surface area contributed by atoms with Gasteiger partial charge in [0.25, 0.3) is 0 Å². The maximum absolute atomic E-state index is 12.3. The standard InChI is InChI=1S/C20H16N2O4/c23-10-15(11-24)26-20(25)13-3-4-14-9-22-19-16(17(14)8-13)6-5-12-2-1-7-21-18(12)19/h1-9,15,23-24H,10-11H2. The molecule has 2 aromatic heterocycles. The second kappa shape index (κ2) is 6.67. The largest absolute Gasteiger partial charge is 0.454 e. The molecule has 4 rings (SSSR count). The summed E-state index contributed by atoms with van der Waals surface area (Å²) in [7, 11) is 0. The van der Waals surface area contributed by atoms with Crippen LogP contribution in [-0.4, -0.2) is 45.5 Å². The molecule has 2 heterocycles. The van der Waals surface area contributed by atoms with Crippen molar-refractivity contribution >= 4 is 38.5 Å². The summed E-state index contributed by atoms with van der Waals surface area (Å²) in [5.74, 6) is -0.594. The van der Waals surface area contributed by atoms with Gasteiger partial charge in [0.1, 0.15) is 6.10 Å². The van der Waals surface area contributed by atoms with E-state index in [0.717, 1.165) is 32.6 Å². The zero-order chi connectivity index (χ0) is 18.1. The van der Waals surface area contributed by atoms with Gasteiger partial charge in [-0.25, -0.2) is 4.79 Å². The zero-order valence-corrected chi connectivity index (χ0v) is 13.8. The van der Waals surface area contributed by atoms with Gasteiger partial charge in [-0.3, -0.25) is 9.97 Å². The Morgan fingerprint density at radius 2 is 1.77 bits per heavy atom. The van der Waals surface area contributed by atoms with Crippen LogP contribution in [0.2, 0.25) is 0 Å². The van der Waals surface area contributed by atoms with Crippen LogP contribution in [0.15, 0.2) is 54.9 Å². The van der Waals surface area contributed by atoms with Gasteiger partial charge in [0.2, 0.25) is 0 Å². The van der Waals surface area contributed by atoms with Gasteiger partial charge in [-0.2, -0.15) is 0 Å². The highest BCUT2D eigenvalue weighted by Gasteiger charge is 2.16. The van der Waals surface area contributed by atoms with E-state index in [9.17, 15) is 4.79 Å². The molecule has 130 valence electrons. The molecule has 0 unspecified atom stereocenters. The highest BCUT2D eigenvalue weighted by atomic mass is 16.6. The second-order valence-electron chi connectivity index (χ2n) is 5.99. The number of pyridine rings is 2. The Labute approximate surface area is 148 Å². The number of hydrogen-bond acceptors (Lipinski definition) is 6. The normalized spacial score (nSPS) is 11.5. The first-order valence-corrected chi connectivity index (χ1v) is 8.20. The summed E-state index contributed by atoms with van der Waals surface area (Å²) in [4.78, 5) is 21.3. The van der Waals surface area contributed by atoms with Crippen molar-refractivity contribution in [1.29, 1.82) is 0 Å². The van der Waals surface area contributed by atoms with Gasteiger partial charge < -0.3 is 14.9 Å². The van der Waals surface area contributed by atoms with E-state index in [0.29, 0.717) is 5.56 Å². The molecule has 0 amide bonds. The summed E-state index contributed by atoms with van der Waals surface area (Å²) in [6.45, 7) is -0.860. The van der Waals surface area contributed by atoms with Gasteiger partial charge in [-0.1, -0.05) is 24.3 Å². The number of ether oxygens (including phenoxy) is 1. The van der Waals surface area contributed by atoms with Crippen LogP contribution in [0.25, 0.3) is 32.6 Å². The summed E-state index contributed by atoms with van der Waals surface area (Å²) in [5, 5.41) is 21.8. The van der Waals surface area contributed by atoms with Gasteiger partial charge in [0.15, 0.2) is 0 Å². The molecule has 2 aromatic carbocycles. The summed E-state index contributed by atoms with van der Waals surface area (Å²) < 4.78 is 5.10. The van der Waals surface area contributed by atoms with Crippen LogP contribution < -0.4 is 0 Å². The molecule has 0 saturated heterocycles. The number of carbonyl (C=O) groups excluding carboxylic acids is 1. The smallest absolute Gasteiger partial charge is 0.338 e. The highest BCUT2D eigenvalue weighted by Crippen LogP contribution is 2.29. The molecule has 0 atom stereocenters. The van der Waals surface area contributed by atoms with Crippen molar-refractivity contribution in [2.24, 2.45) is 0 Å². The van der Waals surface area contributed by atoms with E-state index < -0.39 is 25.3 Å². The Bertz CT molecular complexity index is 1120. The van der Waals surface area contributed by atoms with E-state index in [4.69, 9.17) is 14.9 Å². The third-order valence-corrected chi connectivity index (χ3v) is 4.34. The molecule has 6 nitrogen and oxygen atoms in total. The van der Waals surface area contributed by atoms with Crippen molar-refractivity contribution in [3.63, 3.8) is 0 Å². The fraction of sp³-hybridized carbons (Fsp3) is 0.150. The lowest BCUT2D eigenvalue weighted by Gasteiger charge is -2.13. The highest BCUT2D eigenvalue weighted by molar-refractivity contribution is 6.14. The second-order valence-corrected chi connectivity index (χ2v) is 5.99. The fourth-order valence-electron chi connectivity index (χ4n) is 2.99. The van der Waals surface area contributed by atoms with Gasteiger partial charge in [-0.15, -0.1) is 0 Å². The number of aliphatic hydroxyl groups excluding tert-OH is 2. The number of benzene rings is 2. The molecule has 0 aliphatic carbocycles. The van der Waals surface area contributed by atoms with E-state index in [2.05, 4.69) is 9.97 Å². The van der Waals surface area contributed by atoms with Crippen molar-refractivity contribution in [3.8, 4) is 0 Å². The lowest BCUT2D eigenvalue weighted by molar-refractivity contribution is -0.00543. The van der Waals surface area contributed by atoms with Crippen LogP contribution in [0.5, 0.6) is 0 Å². The number of fused-ring (bicyclic) bond motifs is 5. The minimum atomic E-state index is -0.930. The molecule has 0 fully saturated rings. The molecule has 0 aliphatic heterocycles. The quantitative estimate of drug-likeness (QED) is 0.435. The minimum absolute atomic E-state index is 0.345. The lowest BCUT2D eigenvalue weighted by Crippen LogP contribution is -2.25. The Kier molecular flexibility index (Phi) is 4.20. The summed E-state index contributed by atoms with van der Waals surface area (Å²) in [6.07, 6.45) is 2.55. The Morgan fingerprint density at radius 3 is 2.58 bits per heavy atom. The monoisotopic (exact) mass is 348 g/mol. The third-order valence-electron chi connectivity index (χ3n) is 4.34. The van der Waals surface area contributed by atoms with Crippen LogP contribution in [0.1, 0.15) is 10.4 Å². The summed E-state index contributed by atoms with van der Waals surface area (Å²) in [6, 6.07) is 13.0. The number of aromatic nitrogens is 2. The van der Waals surface area contributed by atoms with Crippen LogP contribution >= 0.6 is 0 Å². The van der Waals surface area contributed by atoms with Crippen LogP contribution in [0.3, 0.4) is 0 Å². The first kappa shape index (κ1) is 16.4. The maximum atomic E-state index is 12.3. The van der Waals surface area contributed by atoms with Crippen molar-refractivity contribution in [2.45, 2.75) is 6.10 Å². The zero-order valence-electron chi connectivity index (χ0n) is 13.8. The minimum Gasteiger partial charge on any atom is -0.454 e. The number of hydrogen-bond donors (Lipinski definition) is 2. The first-order valence-electron chi connectivity index (χ1n) is 8.20. The van der Waals surface area contributed by atoms with Crippen molar-refractivity contribution in [1.82, 2.24) is 9.97 Å². The Hall–Kier alpha value is -3.09. The topological polar surface area (TPSA) is 92.5 Å². The average Bonchev–Trinajstić information content (AvgIpc) is 2.70. The van der Waals surface area contributed by atoms with Gasteiger partial charge >= 0.3 is 5.97 Å². The Morgan fingerprint density at radius 1 is 0.962 bits per heavy atom. The molecule has 0 aliphatic rings. The van der Waals surface area contributed by atoms with Crippen molar-refractivity contribution in [3.05, 3.63) is 60.4 Å². The molecule has 6 heteroatoms. The van der Waals surface area contributed by atoms with E-state index in [1.165, 1.54) is 0 Å². The van der Waals surface area contributed by atoms with E-state index >= 15 is 0 Å². The van der Waals surface area contributed by atoms with Gasteiger partial charge in [-0.05, 0) is 23.6 Å². The molecule has 0 radical (unpaired) electrons. The van der Waals surface area contributed by atoms with Crippen molar-refractivity contribution in [2.75, 3.05) is 13.2 Å². The molecular weight excluding hydrogens is 332 g/mol. The number of aliphatic hydroxyl groups is 2. The fourth-order valence-corrected chi connectivity index (χ4v) is 2.99. The molecule has 2 N–H and O–H groups in total. The van der Waals surface area contributed by atoms with E-state index in [1.807, 2.05) is 24.3 Å². The van der Waals surface area contributed by atoms with Crippen molar-refractivity contribution < 1.29 is 19.7 Å².